The number of benzene rings is 7. The molecule has 2 atom stereocenters. The first-order valence-electron chi connectivity index (χ1n) is 20.4. The number of nitrogens with one attached hydrogen (secondary N) is 1. The van der Waals surface area contributed by atoms with E-state index in [1.807, 2.05) is 103 Å². The predicted molar refractivity (Wildman–Crippen MR) is 239 cm³/mol. The molecule has 1 N–H and O–H groups in total. The largest absolute Gasteiger partial charge is 0.459 e. The Bertz CT molecular complexity index is 2190. The molecule has 6 heteroatoms. The number of ether oxygens (including phenoxy) is 1. The van der Waals surface area contributed by atoms with Crippen LogP contribution in [0.25, 0.3) is 0 Å². The third-order valence-corrected chi connectivity index (χ3v) is 13.0. The van der Waals surface area contributed by atoms with E-state index in [1.165, 1.54) is 0 Å². The first-order valence-corrected chi connectivity index (χ1v) is 21.3. The molecular formula is C53H48N2O3S. The lowest BCUT2D eigenvalue weighted by Gasteiger charge is -2.42. The molecule has 1 amide bonds. The van der Waals surface area contributed by atoms with Crippen molar-refractivity contribution in [1.29, 1.82) is 0 Å². The van der Waals surface area contributed by atoms with Crippen LogP contribution in [0.1, 0.15) is 51.8 Å². The van der Waals surface area contributed by atoms with Gasteiger partial charge in [-0.15, -0.1) is 11.8 Å². The van der Waals surface area contributed by atoms with Gasteiger partial charge in [0.1, 0.15) is 12.6 Å². The summed E-state index contributed by atoms with van der Waals surface area (Å²) in [4.78, 5) is 31.4. The van der Waals surface area contributed by atoms with Gasteiger partial charge in [0.25, 0.3) is 0 Å². The van der Waals surface area contributed by atoms with E-state index < -0.39 is 22.4 Å². The van der Waals surface area contributed by atoms with Crippen molar-refractivity contribution in [3.05, 3.63) is 251 Å². The minimum absolute atomic E-state index is 0.132. The summed E-state index contributed by atoms with van der Waals surface area (Å²) < 4.78 is 5.23. The van der Waals surface area contributed by atoms with Gasteiger partial charge < -0.3 is 9.64 Å². The van der Waals surface area contributed by atoms with Gasteiger partial charge in [-0.05, 0) is 51.8 Å². The molecular weight excluding hydrogens is 745 g/mol. The molecule has 294 valence electrons. The fourth-order valence-corrected chi connectivity index (χ4v) is 10.1. The predicted octanol–water partition coefficient (Wildman–Crippen LogP) is 10.4. The van der Waals surface area contributed by atoms with Crippen molar-refractivity contribution in [2.75, 3.05) is 12.3 Å². The summed E-state index contributed by atoms with van der Waals surface area (Å²) in [5.41, 5.74) is 6.29. The zero-order chi connectivity index (χ0) is 40.3. The lowest BCUT2D eigenvalue weighted by atomic mass is 9.76. The van der Waals surface area contributed by atoms with Crippen LogP contribution in [-0.4, -0.2) is 41.2 Å². The Labute approximate surface area is 352 Å². The van der Waals surface area contributed by atoms with Gasteiger partial charge in [-0.25, -0.2) is 4.79 Å². The number of likely N-dealkylation sites (tertiary alicyclic amines) is 1. The van der Waals surface area contributed by atoms with Gasteiger partial charge in [0.2, 0.25) is 5.91 Å². The van der Waals surface area contributed by atoms with Gasteiger partial charge in [-0.2, -0.15) is 0 Å². The Balaban J connectivity index is 1.26. The highest BCUT2D eigenvalue weighted by atomic mass is 32.2. The molecule has 1 heterocycles. The van der Waals surface area contributed by atoms with Crippen LogP contribution >= 0.6 is 11.8 Å². The lowest BCUT2D eigenvalue weighted by Crippen LogP contribution is -2.58. The van der Waals surface area contributed by atoms with Gasteiger partial charge in [0.15, 0.2) is 0 Å². The molecule has 0 radical (unpaired) electrons. The van der Waals surface area contributed by atoms with Crippen molar-refractivity contribution >= 4 is 23.6 Å². The second-order valence-electron chi connectivity index (χ2n) is 14.9. The molecule has 5 nitrogen and oxygen atoms in total. The number of nitrogens with zero attached hydrogens (tertiary/aromatic N) is 1. The average Bonchev–Trinajstić information content (AvgIpc) is 3.82. The van der Waals surface area contributed by atoms with Crippen molar-refractivity contribution in [2.24, 2.45) is 0 Å². The smallest absolute Gasteiger partial charge is 0.329 e. The van der Waals surface area contributed by atoms with Gasteiger partial charge in [0.05, 0.1) is 16.3 Å². The van der Waals surface area contributed by atoms with Crippen LogP contribution in [0, 0.1) is 0 Å². The van der Waals surface area contributed by atoms with Crippen molar-refractivity contribution in [1.82, 2.24) is 10.2 Å². The number of esters is 1. The lowest BCUT2D eigenvalue weighted by molar-refractivity contribution is -0.155. The topological polar surface area (TPSA) is 58.6 Å². The fourth-order valence-electron chi connectivity index (χ4n) is 8.53. The quantitative estimate of drug-likeness (QED) is 0.0828. The van der Waals surface area contributed by atoms with E-state index in [9.17, 15) is 4.79 Å². The number of amides is 1. The van der Waals surface area contributed by atoms with Crippen LogP contribution < -0.4 is 5.32 Å². The summed E-state index contributed by atoms with van der Waals surface area (Å²) in [6.45, 7) is 0.617. The van der Waals surface area contributed by atoms with Gasteiger partial charge in [-0.3, -0.25) is 10.1 Å². The van der Waals surface area contributed by atoms with E-state index >= 15 is 4.79 Å². The molecule has 1 aliphatic rings. The third-order valence-electron chi connectivity index (χ3n) is 11.3. The first kappa shape index (κ1) is 39.6. The minimum atomic E-state index is -0.942. The Morgan fingerprint density at radius 3 is 1.34 bits per heavy atom. The maximum Gasteiger partial charge on any atom is 0.329 e. The molecule has 0 spiro atoms. The van der Waals surface area contributed by atoms with Crippen LogP contribution in [0.4, 0.5) is 0 Å². The number of hydrogen-bond donors (Lipinski definition) is 1. The first-order chi connectivity index (χ1) is 29.1. The highest BCUT2D eigenvalue weighted by Crippen LogP contribution is 2.49. The summed E-state index contributed by atoms with van der Waals surface area (Å²) >= 11 is 1.74. The molecule has 0 saturated carbocycles. The highest BCUT2D eigenvalue weighted by molar-refractivity contribution is 8.00. The standard InChI is InChI=1S/C53H48N2O3S/c56-50(55-38-22-37-49(55)51(57)58-39-41-23-8-1-9-24-41)48(54-52(42-25-10-2-11-26-42,43-27-12-3-13-28-43)44-29-14-4-15-30-44)40-59-53(45-31-16-5-17-32-45,46-33-18-6-19-34-46)47-35-20-7-21-36-47/h1-21,23-36,48-49,54H,22,37-40H2/t48-,49+/m0/s1. The van der Waals surface area contributed by atoms with Gasteiger partial charge >= 0.3 is 5.97 Å². The Morgan fingerprint density at radius 1 is 0.559 bits per heavy atom. The normalized spacial score (nSPS) is 14.7. The molecule has 7 aromatic rings. The molecule has 1 saturated heterocycles. The number of carbonyl (C=O) groups excluding carboxylic acids is 2. The summed E-state index contributed by atoms with van der Waals surface area (Å²) in [7, 11) is 0. The Kier molecular flexibility index (Phi) is 12.5. The van der Waals surface area contributed by atoms with E-state index in [0.717, 1.165) is 38.9 Å². The highest BCUT2D eigenvalue weighted by Gasteiger charge is 2.46. The molecule has 1 fully saturated rings. The second kappa shape index (κ2) is 18.6. The van der Waals surface area contributed by atoms with E-state index in [-0.39, 0.29) is 18.5 Å². The van der Waals surface area contributed by atoms with Crippen LogP contribution in [0.15, 0.2) is 212 Å². The van der Waals surface area contributed by atoms with Crippen molar-refractivity contribution in [2.45, 2.75) is 41.8 Å². The maximum atomic E-state index is 15.7. The molecule has 0 bridgehead atoms. The van der Waals surface area contributed by atoms with Crippen molar-refractivity contribution in [3.8, 4) is 0 Å². The summed E-state index contributed by atoms with van der Waals surface area (Å²) in [6, 6.07) is 71.1. The maximum absolute atomic E-state index is 15.7. The number of thioether (sulfide) groups is 1. The van der Waals surface area contributed by atoms with Crippen molar-refractivity contribution < 1.29 is 14.3 Å². The Morgan fingerprint density at radius 2 is 0.932 bits per heavy atom. The SMILES string of the molecule is O=C(OCc1ccccc1)[C@H]1CCCN1C(=O)[C@H](CSC(c1ccccc1)(c1ccccc1)c1ccccc1)NC(c1ccccc1)(c1ccccc1)c1ccccc1. The molecule has 0 aliphatic carbocycles. The van der Waals surface area contributed by atoms with Crippen LogP contribution in [0.5, 0.6) is 0 Å². The van der Waals surface area contributed by atoms with E-state index in [1.54, 1.807) is 16.7 Å². The molecule has 0 unspecified atom stereocenters. The molecule has 59 heavy (non-hydrogen) atoms. The summed E-state index contributed by atoms with van der Waals surface area (Å²) in [5.74, 6) is -0.140. The number of carbonyl (C=O) groups is 2. The summed E-state index contributed by atoms with van der Waals surface area (Å²) in [6.07, 6.45) is 1.25. The zero-order valence-electron chi connectivity index (χ0n) is 33.0. The summed E-state index contributed by atoms with van der Waals surface area (Å²) in [5, 5.41) is 4.07. The number of rotatable bonds is 15. The molecule has 1 aliphatic heterocycles. The zero-order valence-corrected chi connectivity index (χ0v) is 33.8. The molecule has 7 aromatic carbocycles. The van der Waals surface area contributed by atoms with E-state index in [2.05, 4.69) is 115 Å². The van der Waals surface area contributed by atoms with Crippen LogP contribution in [-0.2, 0) is 31.2 Å². The number of hydrogen-bond acceptors (Lipinski definition) is 5. The molecule has 0 aromatic heterocycles. The average molecular weight is 793 g/mol. The second-order valence-corrected chi connectivity index (χ2v) is 16.2. The monoisotopic (exact) mass is 792 g/mol. The van der Waals surface area contributed by atoms with Crippen LogP contribution in [0.2, 0.25) is 0 Å². The fraction of sp³-hybridized carbons (Fsp3) is 0.170. The van der Waals surface area contributed by atoms with E-state index in [4.69, 9.17) is 4.74 Å². The minimum Gasteiger partial charge on any atom is -0.459 e. The van der Waals surface area contributed by atoms with Crippen molar-refractivity contribution in [3.63, 3.8) is 0 Å². The van der Waals surface area contributed by atoms with E-state index in [0.29, 0.717) is 25.1 Å². The Hall–Kier alpha value is -6.21. The van der Waals surface area contributed by atoms with Gasteiger partial charge in [-0.1, -0.05) is 212 Å². The molecule has 8 rings (SSSR count). The third kappa shape index (κ3) is 8.38. The van der Waals surface area contributed by atoms with Gasteiger partial charge in [0, 0.05) is 12.3 Å². The van der Waals surface area contributed by atoms with Crippen LogP contribution in [0.3, 0.4) is 0 Å².